The van der Waals surface area contributed by atoms with Gasteiger partial charge in [-0.15, -0.1) is 0 Å². The predicted octanol–water partition coefficient (Wildman–Crippen LogP) is 2.80. The number of unbranched alkanes of at least 4 members (excludes halogenated alkanes) is 1. The van der Waals surface area contributed by atoms with Crippen molar-refractivity contribution < 1.29 is 4.79 Å². The van der Waals surface area contributed by atoms with Gasteiger partial charge < -0.3 is 4.79 Å². The SMILES string of the molecule is CC(=O)CCCCN1CCc2ccccc2C1. The van der Waals surface area contributed by atoms with Gasteiger partial charge in [-0.1, -0.05) is 24.3 Å². The molecular weight excluding hydrogens is 210 g/mol. The van der Waals surface area contributed by atoms with E-state index in [1.807, 2.05) is 0 Å². The Balaban J connectivity index is 1.76. The van der Waals surface area contributed by atoms with Crippen molar-refractivity contribution in [1.29, 1.82) is 0 Å². The highest BCUT2D eigenvalue weighted by Gasteiger charge is 2.14. The third-order valence-corrected chi connectivity index (χ3v) is 3.46. The predicted molar refractivity (Wildman–Crippen MR) is 70.0 cm³/mol. The summed E-state index contributed by atoms with van der Waals surface area (Å²) in [6, 6.07) is 8.72. The molecule has 1 heterocycles. The number of hydrogen-bond acceptors (Lipinski definition) is 2. The van der Waals surface area contributed by atoms with Crippen LogP contribution in [0.1, 0.15) is 37.3 Å². The molecule has 0 spiro atoms. The monoisotopic (exact) mass is 231 g/mol. The van der Waals surface area contributed by atoms with Gasteiger partial charge in [-0.05, 0) is 43.9 Å². The lowest BCUT2D eigenvalue weighted by molar-refractivity contribution is -0.117. The zero-order valence-corrected chi connectivity index (χ0v) is 10.6. The standard InChI is InChI=1S/C15H21NO/c1-13(17)6-4-5-10-16-11-9-14-7-2-3-8-15(14)12-16/h2-3,7-8H,4-6,9-12H2,1H3. The number of Topliss-reactive ketones (excluding diaryl/α,β-unsaturated/α-hetero) is 1. The Morgan fingerprint density at radius 2 is 2.00 bits per heavy atom. The summed E-state index contributed by atoms with van der Waals surface area (Å²) in [6.45, 7) is 5.05. The highest BCUT2D eigenvalue weighted by Crippen LogP contribution is 2.18. The molecule has 2 heteroatoms. The van der Waals surface area contributed by atoms with Crippen LogP contribution in [0.25, 0.3) is 0 Å². The molecule has 2 rings (SSSR count). The molecule has 0 N–H and O–H groups in total. The smallest absolute Gasteiger partial charge is 0.129 e. The van der Waals surface area contributed by atoms with Crippen LogP contribution in [0.4, 0.5) is 0 Å². The lowest BCUT2D eigenvalue weighted by atomic mass is 10.00. The van der Waals surface area contributed by atoms with Crippen LogP contribution in [0.5, 0.6) is 0 Å². The number of ketones is 1. The van der Waals surface area contributed by atoms with Gasteiger partial charge in [0.1, 0.15) is 5.78 Å². The summed E-state index contributed by atoms with van der Waals surface area (Å²) in [7, 11) is 0. The molecule has 0 aliphatic carbocycles. The molecule has 0 saturated heterocycles. The van der Waals surface area contributed by atoms with Crippen molar-refractivity contribution in [3.8, 4) is 0 Å². The summed E-state index contributed by atoms with van der Waals surface area (Å²) in [5, 5.41) is 0. The molecule has 0 atom stereocenters. The Bertz CT molecular complexity index is 386. The van der Waals surface area contributed by atoms with Crippen molar-refractivity contribution in [3.63, 3.8) is 0 Å². The van der Waals surface area contributed by atoms with Crippen LogP contribution in [0, 0.1) is 0 Å². The first-order valence-corrected chi connectivity index (χ1v) is 6.54. The first-order valence-electron chi connectivity index (χ1n) is 6.54. The molecule has 0 fully saturated rings. The third kappa shape index (κ3) is 3.67. The Kier molecular flexibility index (Phi) is 4.32. The van der Waals surface area contributed by atoms with E-state index in [1.165, 1.54) is 17.5 Å². The van der Waals surface area contributed by atoms with E-state index in [0.29, 0.717) is 5.78 Å². The van der Waals surface area contributed by atoms with E-state index in [1.54, 1.807) is 6.92 Å². The lowest BCUT2D eigenvalue weighted by Gasteiger charge is -2.28. The molecule has 0 aromatic heterocycles. The van der Waals surface area contributed by atoms with Crippen LogP contribution in [-0.4, -0.2) is 23.8 Å². The van der Waals surface area contributed by atoms with E-state index in [9.17, 15) is 4.79 Å². The second kappa shape index (κ2) is 5.97. The Labute approximate surface area is 104 Å². The number of rotatable bonds is 5. The number of benzene rings is 1. The van der Waals surface area contributed by atoms with Crippen LogP contribution in [0.15, 0.2) is 24.3 Å². The lowest BCUT2D eigenvalue weighted by Crippen LogP contribution is -2.31. The number of hydrogen-bond donors (Lipinski definition) is 0. The molecule has 0 radical (unpaired) electrons. The van der Waals surface area contributed by atoms with Crippen molar-refractivity contribution in [1.82, 2.24) is 4.90 Å². The van der Waals surface area contributed by atoms with Crippen molar-refractivity contribution >= 4 is 5.78 Å². The van der Waals surface area contributed by atoms with Crippen LogP contribution >= 0.6 is 0 Å². The fraction of sp³-hybridized carbons (Fsp3) is 0.533. The van der Waals surface area contributed by atoms with Gasteiger partial charge in [-0.25, -0.2) is 0 Å². The average molecular weight is 231 g/mol. The van der Waals surface area contributed by atoms with Gasteiger partial charge in [-0.3, -0.25) is 4.90 Å². The highest BCUT2D eigenvalue weighted by molar-refractivity contribution is 5.75. The van der Waals surface area contributed by atoms with E-state index in [-0.39, 0.29) is 0 Å². The van der Waals surface area contributed by atoms with Gasteiger partial charge in [0.25, 0.3) is 0 Å². The first kappa shape index (κ1) is 12.3. The van der Waals surface area contributed by atoms with Crippen LogP contribution in [-0.2, 0) is 17.8 Å². The van der Waals surface area contributed by atoms with E-state index in [4.69, 9.17) is 0 Å². The Morgan fingerprint density at radius 3 is 2.76 bits per heavy atom. The van der Waals surface area contributed by atoms with Gasteiger partial charge in [0.15, 0.2) is 0 Å². The summed E-state index contributed by atoms with van der Waals surface area (Å²) in [4.78, 5) is 13.3. The van der Waals surface area contributed by atoms with Crippen LogP contribution in [0.3, 0.4) is 0 Å². The maximum Gasteiger partial charge on any atom is 0.129 e. The molecule has 0 saturated carbocycles. The second-order valence-electron chi connectivity index (χ2n) is 4.95. The van der Waals surface area contributed by atoms with Crippen molar-refractivity contribution in [2.75, 3.05) is 13.1 Å². The van der Waals surface area contributed by atoms with E-state index < -0.39 is 0 Å². The van der Waals surface area contributed by atoms with Crippen LogP contribution in [0.2, 0.25) is 0 Å². The molecule has 1 aliphatic heterocycles. The second-order valence-corrected chi connectivity index (χ2v) is 4.95. The normalized spacial score (nSPS) is 15.6. The van der Waals surface area contributed by atoms with Gasteiger partial charge in [0, 0.05) is 19.5 Å². The Morgan fingerprint density at radius 1 is 1.24 bits per heavy atom. The highest BCUT2D eigenvalue weighted by atomic mass is 16.1. The summed E-state index contributed by atoms with van der Waals surface area (Å²) in [5.74, 6) is 0.314. The topological polar surface area (TPSA) is 20.3 Å². The van der Waals surface area contributed by atoms with Crippen molar-refractivity contribution in [2.24, 2.45) is 0 Å². The van der Waals surface area contributed by atoms with E-state index in [0.717, 1.165) is 38.9 Å². The molecule has 2 nitrogen and oxygen atoms in total. The molecular formula is C15H21NO. The quantitative estimate of drug-likeness (QED) is 0.726. The third-order valence-electron chi connectivity index (χ3n) is 3.46. The maximum atomic E-state index is 10.8. The fourth-order valence-corrected chi connectivity index (χ4v) is 2.45. The molecule has 92 valence electrons. The van der Waals surface area contributed by atoms with Crippen molar-refractivity contribution in [2.45, 2.75) is 39.2 Å². The minimum Gasteiger partial charge on any atom is -0.300 e. The van der Waals surface area contributed by atoms with E-state index in [2.05, 4.69) is 29.2 Å². The number of fused-ring (bicyclic) bond motifs is 1. The largest absolute Gasteiger partial charge is 0.300 e. The molecule has 17 heavy (non-hydrogen) atoms. The Hall–Kier alpha value is -1.15. The minimum atomic E-state index is 0.314. The number of nitrogens with zero attached hydrogens (tertiary/aromatic N) is 1. The zero-order chi connectivity index (χ0) is 12.1. The fourth-order valence-electron chi connectivity index (χ4n) is 2.45. The summed E-state index contributed by atoms with van der Waals surface area (Å²) >= 11 is 0. The molecule has 0 unspecified atom stereocenters. The van der Waals surface area contributed by atoms with Crippen LogP contribution < -0.4 is 0 Å². The zero-order valence-electron chi connectivity index (χ0n) is 10.6. The summed E-state index contributed by atoms with van der Waals surface area (Å²) in [5.41, 5.74) is 2.98. The van der Waals surface area contributed by atoms with E-state index >= 15 is 0 Å². The van der Waals surface area contributed by atoms with Gasteiger partial charge >= 0.3 is 0 Å². The number of carbonyl (C=O) groups excluding carboxylic acids is 1. The maximum absolute atomic E-state index is 10.8. The summed E-state index contributed by atoms with van der Waals surface area (Å²) in [6.07, 6.45) is 4.09. The molecule has 1 aliphatic rings. The molecule has 1 aromatic rings. The van der Waals surface area contributed by atoms with Gasteiger partial charge in [0.2, 0.25) is 0 Å². The number of carbonyl (C=O) groups is 1. The summed E-state index contributed by atoms with van der Waals surface area (Å²) < 4.78 is 0. The molecule has 0 amide bonds. The van der Waals surface area contributed by atoms with Crippen molar-refractivity contribution in [3.05, 3.63) is 35.4 Å². The average Bonchev–Trinajstić information content (AvgIpc) is 2.34. The molecule has 0 bridgehead atoms. The minimum absolute atomic E-state index is 0.314. The first-order chi connectivity index (χ1) is 8.25. The van der Waals surface area contributed by atoms with Gasteiger partial charge in [-0.2, -0.15) is 0 Å². The molecule has 1 aromatic carbocycles. The van der Waals surface area contributed by atoms with Gasteiger partial charge in [0.05, 0.1) is 0 Å².